The van der Waals surface area contributed by atoms with Crippen LogP contribution in [-0.2, 0) is 4.79 Å². The topological polar surface area (TPSA) is 41.6 Å². The highest BCUT2D eigenvalue weighted by Gasteiger charge is 2.08. The number of rotatable bonds is 5. The van der Waals surface area contributed by atoms with Gasteiger partial charge in [-0.2, -0.15) is 0 Å². The van der Waals surface area contributed by atoms with E-state index in [0.717, 1.165) is 11.3 Å². The second-order valence-electron chi connectivity index (χ2n) is 4.27. The van der Waals surface area contributed by atoms with E-state index in [1.165, 1.54) is 0 Å². The summed E-state index contributed by atoms with van der Waals surface area (Å²) in [7, 11) is 5.09. The van der Waals surface area contributed by atoms with Gasteiger partial charge in [-0.1, -0.05) is 11.6 Å². The van der Waals surface area contributed by atoms with Crippen LogP contribution < -0.4 is 10.1 Å². The first-order valence-electron chi connectivity index (χ1n) is 5.74. The number of halogens is 1. The molecule has 0 aromatic heterocycles. The molecule has 0 heterocycles. The maximum absolute atomic E-state index is 11.4. The van der Waals surface area contributed by atoms with Crippen LogP contribution in [0.2, 0.25) is 5.02 Å². The van der Waals surface area contributed by atoms with Gasteiger partial charge in [0.25, 0.3) is 0 Å². The Morgan fingerprint density at radius 3 is 2.67 bits per heavy atom. The SMILES string of the molecule is COc1cc(Cl)c(C)cc1NCCC(=O)N(C)C. The summed E-state index contributed by atoms with van der Waals surface area (Å²) >= 11 is 6.02. The van der Waals surface area contributed by atoms with Gasteiger partial charge in [0.2, 0.25) is 5.91 Å². The Bertz CT molecular complexity index is 433. The Morgan fingerprint density at radius 2 is 2.11 bits per heavy atom. The molecule has 0 saturated carbocycles. The average Bonchev–Trinajstić information content (AvgIpc) is 2.32. The average molecular weight is 271 g/mol. The molecular weight excluding hydrogens is 252 g/mol. The molecule has 1 amide bonds. The van der Waals surface area contributed by atoms with E-state index >= 15 is 0 Å². The summed E-state index contributed by atoms with van der Waals surface area (Å²) in [6.07, 6.45) is 0.442. The van der Waals surface area contributed by atoms with Crippen molar-refractivity contribution in [3.8, 4) is 5.75 Å². The fraction of sp³-hybridized carbons (Fsp3) is 0.462. The van der Waals surface area contributed by atoms with Gasteiger partial charge in [0.15, 0.2) is 0 Å². The zero-order valence-corrected chi connectivity index (χ0v) is 12.0. The molecule has 100 valence electrons. The molecule has 4 nitrogen and oxygen atoms in total. The summed E-state index contributed by atoms with van der Waals surface area (Å²) in [5.41, 5.74) is 1.82. The van der Waals surface area contributed by atoms with Gasteiger partial charge in [-0.25, -0.2) is 0 Å². The summed E-state index contributed by atoms with van der Waals surface area (Å²) in [6, 6.07) is 3.69. The molecule has 0 atom stereocenters. The Morgan fingerprint density at radius 1 is 1.44 bits per heavy atom. The van der Waals surface area contributed by atoms with Gasteiger partial charge in [0.05, 0.1) is 12.8 Å². The lowest BCUT2D eigenvalue weighted by atomic mass is 10.2. The molecule has 0 bridgehead atoms. The van der Waals surface area contributed by atoms with E-state index in [1.807, 2.05) is 13.0 Å². The molecule has 1 aromatic rings. The fourth-order valence-corrected chi connectivity index (χ4v) is 1.65. The molecule has 0 saturated heterocycles. The van der Waals surface area contributed by atoms with Crippen LogP contribution in [0.15, 0.2) is 12.1 Å². The van der Waals surface area contributed by atoms with Crippen molar-refractivity contribution < 1.29 is 9.53 Å². The van der Waals surface area contributed by atoms with Crippen molar-refractivity contribution in [2.24, 2.45) is 0 Å². The lowest BCUT2D eigenvalue weighted by Crippen LogP contribution is -2.23. The van der Waals surface area contributed by atoms with Crippen LogP contribution in [0, 0.1) is 6.92 Å². The monoisotopic (exact) mass is 270 g/mol. The lowest BCUT2D eigenvalue weighted by Gasteiger charge is -2.14. The van der Waals surface area contributed by atoms with Crippen molar-refractivity contribution in [3.05, 3.63) is 22.7 Å². The van der Waals surface area contributed by atoms with E-state index in [-0.39, 0.29) is 5.91 Å². The van der Waals surface area contributed by atoms with E-state index in [9.17, 15) is 4.79 Å². The van der Waals surface area contributed by atoms with Crippen molar-refractivity contribution in [2.45, 2.75) is 13.3 Å². The molecule has 1 rings (SSSR count). The molecule has 0 aliphatic rings. The third-order valence-corrected chi connectivity index (χ3v) is 3.04. The Labute approximate surface area is 113 Å². The van der Waals surface area contributed by atoms with Crippen molar-refractivity contribution in [3.63, 3.8) is 0 Å². The first-order valence-corrected chi connectivity index (χ1v) is 6.11. The molecule has 5 heteroatoms. The highest BCUT2D eigenvalue weighted by Crippen LogP contribution is 2.30. The van der Waals surface area contributed by atoms with Crippen LogP contribution in [0.25, 0.3) is 0 Å². The number of anilines is 1. The minimum Gasteiger partial charge on any atom is -0.495 e. The van der Waals surface area contributed by atoms with E-state index in [4.69, 9.17) is 16.3 Å². The number of carbonyl (C=O) groups is 1. The standard InChI is InChI=1S/C13H19ClN2O2/c1-9-7-11(12(18-4)8-10(9)14)15-6-5-13(17)16(2)3/h7-8,15H,5-6H2,1-4H3. The number of methoxy groups -OCH3 is 1. The largest absolute Gasteiger partial charge is 0.495 e. The van der Waals surface area contributed by atoms with Gasteiger partial charge in [-0.3, -0.25) is 4.79 Å². The quantitative estimate of drug-likeness (QED) is 0.894. The molecule has 0 spiro atoms. The van der Waals surface area contributed by atoms with Crippen molar-refractivity contribution in [1.82, 2.24) is 4.90 Å². The molecule has 0 unspecified atom stereocenters. The number of aryl methyl sites for hydroxylation is 1. The first-order chi connectivity index (χ1) is 8.45. The normalized spacial score (nSPS) is 10.1. The van der Waals surface area contributed by atoms with Crippen LogP contribution >= 0.6 is 11.6 Å². The van der Waals surface area contributed by atoms with Gasteiger partial charge >= 0.3 is 0 Å². The van der Waals surface area contributed by atoms with Gasteiger partial charge in [0.1, 0.15) is 5.75 Å². The molecular formula is C13H19ClN2O2. The Kier molecular flexibility index (Phi) is 5.28. The summed E-state index contributed by atoms with van der Waals surface area (Å²) in [6.45, 7) is 2.49. The molecule has 0 aliphatic carbocycles. The minimum absolute atomic E-state index is 0.0900. The van der Waals surface area contributed by atoms with Crippen molar-refractivity contribution >= 4 is 23.2 Å². The molecule has 1 N–H and O–H groups in total. The molecule has 1 aromatic carbocycles. The smallest absolute Gasteiger partial charge is 0.223 e. The van der Waals surface area contributed by atoms with Crippen molar-refractivity contribution in [2.75, 3.05) is 33.1 Å². The van der Waals surface area contributed by atoms with E-state index in [0.29, 0.717) is 23.7 Å². The van der Waals surface area contributed by atoms with Crippen LogP contribution in [0.4, 0.5) is 5.69 Å². The summed E-state index contributed by atoms with van der Waals surface area (Å²) in [4.78, 5) is 13.0. The zero-order valence-electron chi connectivity index (χ0n) is 11.2. The van der Waals surface area contributed by atoms with Gasteiger partial charge in [-0.15, -0.1) is 0 Å². The van der Waals surface area contributed by atoms with Crippen LogP contribution in [0.1, 0.15) is 12.0 Å². The van der Waals surface area contributed by atoms with Crippen molar-refractivity contribution in [1.29, 1.82) is 0 Å². The van der Waals surface area contributed by atoms with E-state index in [1.54, 1.807) is 32.2 Å². The summed E-state index contributed by atoms with van der Waals surface area (Å²) in [5, 5.41) is 3.86. The number of hydrogen-bond donors (Lipinski definition) is 1. The highest BCUT2D eigenvalue weighted by molar-refractivity contribution is 6.31. The molecule has 18 heavy (non-hydrogen) atoms. The number of amides is 1. The van der Waals surface area contributed by atoms with E-state index < -0.39 is 0 Å². The second-order valence-corrected chi connectivity index (χ2v) is 4.67. The molecule has 0 aliphatic heterocycles. The highest BCUT2D eigenvalue weighted by atomic mass is 35.5. The van der Waals surface area contributed by atoms with Crippen LogP contribution in [0.3, 0.4) is 0 Å². The third kappa shape index (κ3) is 3.81. The predicted octanol–water partition coefficient (Wildman–Crippen LogP) is 2.55. The number of nitrogens with one attached hydrogen (secondary N) is 1. The Hall–Kier alpha value is -1.42. The number of ether oxygens (including phenoxy) is 1. The minimum atomic E-state index is 0.0900. The Balaban J connectivity index is 2.67. The number of carbonyl (C=O) groups excluding carboxylic acids is 1. The predicted molar refractivity (Wildman–Crippen MR) is 74.5 cm³/mol. The zero-order chi connectivity index (χ0) is 13.7. The maximum Gasteiger partial charge on any atom is 0.223 e. The van der Waals surface area contributed by atoms with Crippen LogP contribution in [-0.4, -0.2) is 38.6 Å². The fourth-order valence-electron chi connectivity index (χ4n) is 1.50. The number of benzene rings is 1. The van der Waals surface area contributed by atoms with Gasteiger partial charge in [0, 0.05) is 38.1 Å². The maximum atomic E-state index is 11.4. The summed E-state index contributed by atoms with van der Waals surface area (Å²) in [5.74, 6) is 0.773. The third-order valence-electron chi connectivity index (χ3n) is 2.63. The molecule has 0 radical (unpaired) electrons. The summed E-state index contributed by atoms with van der Waals surface area (Å²) < 4.78 is 5.24. The lowest BCUT2D eigenvalue weighted by molar-refractivity contribution is -0.128. The first kappa shape index (κ1) is 14.6. The number of nitrogens with zero attached hydrogens (tertiary/aromatic N) is 1. The van der Waals surface area contributed by atoms with E-state index in [2.05, 4.69) is 5.32 Å². The number of hydrogen-bond acceptors (Lipinski definition) is 3. The molecule has 0 fully saturated rings. The van der Waals surface area contributed by atoms with Gasteiger partial charge in [-0.05, 0) is 18.6 Å². The van der Waals surface area contributed by atoms with Crippen LogP contribution in [0.5, 0.6) is 5.75 Å². The second kappa shape index (κ2) is 6.50. The van der Waals surface area contributed by atoms with Gasteiger partial charge < -0.3 is 15.0 Å².